The van der Waals surface area contributed by atoms with Gasteiger partial charge in [0.25, 0.3) is 0 Å². The zero-order valence-corrected chi connectivity index (χ0v) is 11.4. The highest BCUT2D eigenvalue weighted by Gasteiger charge is 2.23. The molecule has 1 aliphatic rings. The molecule has 0 radical (unpaired) electrons. The maximum atomic E-state index is 4.08. The first-order valence-electron chi connectivity index (χ1n) is 6.76. The van der Waals surface area contributed by atoms with E-state index in [-0.39, 0.29) is 0 Å². The first-order valence-corrected chi connectivity index (χ1v) is 6.76. The SMILES string of the molecule is C=C(NC(C)CC1CC1)c1ccccc1.CC. The lowest BCUT2D eigenvalue weighted by molar-refractivity contribution is 0.555. The maximum Gasteiger partial charge on any atom is 0.0342 e. The van der Waals surface area contributed by atoms with Gasteiger partial charge in [-0.15, -0.1) is 0 Å². The number of hydrogen-bond donors (Lipinski definition) is 1. The average Bonchev–Trinajstić information content (AvgIpc) is 3.16. The van der Waals surface area contributed by atoms with Crippen LogP contribution >= 0.6 is 0 Å². The summed E-state index contributed by atoms with van der Waals surface area (Å²) in [6, 6.07) is 10.9. The van der Waals surface area contributed by atoms with Crippen LogP contribution in [-0.4, -0.2) is 6.04 Å². The van der Waals surface area contributed by atoms with Gasteiger partial charge in [-0.1, -0.05) is 63.6 Å². The molecule has 1 heteroatoms. The summed E-state index contributed by atoms with van der Waals surface area (Å²) in [5.41, 5.74) is 2.24. The fraction of sp³-hybridized carbons (Fsp3) is 0.500. The van der Waals surface area contributed by atoms with E-state index in [9.17, 15) is 0 Å². The van der Waals surface area contributed by atoms with Crippen LogP contribution in [0.15, 0.2) is 36.9 Å². The lowest BCUT2D eigenvalue weighted by Gasteiger charge is -2.16. The molecule has 1 aromatic carbocycles. The summed E-state index contributed by atoms with van der Waals surface area (Å²) in [6.07, 6.45) is 4.12. The summed E-state index contributed by atoms with van der Waals surface area (Å²) in [6.45, 7) is 10.3. The molecule has 0 heterocycles. The molecule has 0 bridgehead atoms. The van der Waals surface area contributed by atoms with Crippen LogP contribution in [0.4, 0.5) is 0 Å². The van der Waals surface area contributed by atoms with Crippen molar-refractivity contribution in [1.29, 1.82) is 0 Å². The van der Waals surface area contributed by atoms with Crippen molar-refractivity contribution in [3.8, 4) is 0 Å². The summed E-state index contributed by atoms with van der Waals surface area (Å²) in [5, 5.41) is 3.47. The lowest BCUT2D eigenvalue weighted by atomic mass is 10.1. The molecule has 2 rings (SSSR count). The van der Waals surface area contributed by atoms with Crippen LogP contribution in [0.2, 0.25) is 0 Å². The molecule has 1 aliphatic carbocycles. The molecule has 1 N–H and O–H groups in total. The Balaban J connectivity index is 0.000000686. The molecule has 0 amide bonds. The summed E-state index contributed by atoms with van der Waals surface area (Å²) in [4.78, 5) is 0. The molecule has 1 saturated carbocycles. The van der Waals surface area contributed by atoms with Crippen molar-refractivity contribution in [3.63, 3.8) is 0 Å². The van der Waals surface area contributed by atoms with Crippen molar-refractivity contribution in [1.82, 2.24) is 5.32 Å². The van der Waals surface area contributed by atoms with Crippen molar-refractivity contribution < 1.29 is 0 Å². The molecule has 17 heavy (non-hydrogen) atoms. The van der Waals surface area contributed by atoms with Gasteiger partial charge in [-0.3, -0.25) is 0 Å². The fourth-order valence-electron chi connectivity index (χ4n) is 1.93. The summed E-state index contributed by atoms with van der Waals surface area (Å²) in [7, 11) is 0. The van der Waals surface area contributed by atoms with Crippen molar-refractivity contribution in [3.05, 3.63) is 42.5 Å². The van der Waals surface area contributed by atoms with Gasteiger partial charge < -0.3 is 5.32 Å². The summed E-state index contributed by atoms with van der Waals surface area (Å²) in [5.74, 6) is 0.969. The van der Waals surface area contributed by atoms with E-state index in [0.717, 1.165) is 11.6 Å². The highest BCUT2D eigenvalue weighted by atomic mass is 14.9. The van der Waals surface area contributed by atoms with Gasteiger partial charge in [0, 0.05) is 11.7 Å². The van der Waals surface area contributed by atoms with Gasteiger partial charge in [0.2, 0.25) is 0 Å². The Kier molecular flexibility index (Phi) is 5.82. The third-order valence-electron chi connectivity index (χ3n) is 2.93. The second-order valence-corrected chi connectivity index (χ2v) is 4.57. The molecule has 0 aliphatic heterocycles. The van der Waals surface area contributed by atoms with Gasteiger partial charge in [0.1, 0.15) is 0 Å². The Morgan fingerprint density at radius 1 is 1.29 bits per heavy atom. The van der Waals surface area contributed by atoms with Crippen LogP contribution in [0.5, 0.6) is 0 Å². The van der Waals surface area contributed by atoms with Crippen LogP contribution in [-0.2, 0) is 0 Å². The molecule has 0 spiro atoms. The minimum Gasteiger partial charge on any atom is -0.383 e. The van der Waals surface area contributed by atoms with E-state index in [1.54, 1.807) is 0 Å². The topological polar surface area (TPSA) is 12.0 Å². The van der Waals surface area contributed by atoms with Crippen molar-refractivity contribution in [2.24, 2.45) is 5.92 Å². The molecular formula is C16H25N. The van der Waals surface area contributed by atoms with Crippen LogP contribution in [0.3, 0.4) is 0 Å². The lowest BCUT2D eigenvalue weighted by Crippen LogP contribution is -2.24. The molecule has 1 atom stereocenters. The van der Waals surface area contributed by atoms with Crippen molar-refractivity contribution in [2.45, 2.75) is 46.1 Å². The van der Waals surface area contributed by atoms with Crippen LogP contribution in [0.25, 0.3) is 5.70 Å². The monoisotopic (exact) mass is 231 g/mol. The van der Waals surface area contributed by atoms with Gasteiger partial charge in [-0.2, -0.15) is 0 Å². The average molecular weight is 231 g/mol. The Hall–Kier alpha value is -1.24. The van der Waals surface area contributed by atoms with Gasteiger partial charge in [0.15, 0.2) is 0 Å². The van der Waals surface area contributed by atoms with E-state index in [2.05, 4.69) is 31.0 Å². The van der Waals surface area contributed by atoms with Gasteiger partial charge in [-0.25, -0.2) is 0 Å². The number of rotatable bonds is 5. The normalized spacial score (nSPS) is 15.5. The summed E-state index contributed by atoms with van der Waals surface area (Å²) < 4.78 is 0. The predicted octanol–water partition coefficient (Wildman–Crippen LogP) is 4.46. The van der Waals surface area contributed by atoms with E-state index >= 15 is 0 Å². The molecule has 1 aromatic rings. The van der Waals surface area contributed by atoms with Gasteiger partial charge >= 0.3 is 0 Å². The Labute approximate surface area is 106 Å². The van der Waals surface area contributed by atoms with E-state index in [4.69, 9.17) is 0 Å². The van der Waals surface area contributed by atoms with Crippen LogP contribution in [0.1, 0.15) is 45.6 Å². The Morgan fingerprint density at radius 3 is 2.41 bits per heavy atom. The Morgan fingerprint density at radius 2 is 1.88 bits per heavy atom. The quantitative estimate of drug-likeness (QED) is 0.789. The molecule has 0 aromatic heterocycles. The van der Waals surface area contributed by atoms with Crippen LogP contribution in [0, 0.1) is 5.92 Å². The minimum absolute atomic E-state index is 0.546. The van der Waals surface area contributed by atoms with E-state index in [1.807, 2.05) is 32.0 Å². The van der Waals surface area contributed by atoms with E-state index in [0.29, 0.717) is 6.04 Å². The smallest absolute Gasteiger partial charge is 0.0342 e. The zero-order valence-electron chi connectivity index (χ0n) is 11.4. The molecule has 1 unspecified atom stereocenters. The molecule has 0 saturated heterocycles. The van der Waals surface area contributed by atoms with E-state index < -0.39 is 0 Å². The largest absolute Gasteiger partial charge is 0.383 e. The number of nitrogens with one attached hydrogen (secondary N) is 1. The standard InChI is InChI=1S/C14H19N.C2H6/c1-11(10-13-8-9-13)15-12(2)14-6-4-3-5-7-14;1-2/h3-7,11,13,15H,2,8-10H2,1H3;1-2H3. The second kappa shape index (κ2) is 7.16. The first-order chi connectivity index (χ1) is 8.25. The molecular weight excluding hydrogens is 206 g/mol. The molecule has 1 nitrogen and oxygen atoms in total. The minimum atomic E-state index is 0.546. The highest BCUT2D eigenvalue weighted by molar-refractivity contribution is 5.61. The van der Waals surface area contributed by atoms with Gasteiger partial charge in [-0.05, 0) is 24.8 Å². The predicted molar refractivity (Wildman–Crippen MR) is 76.8 cm³/mol. The third-order valence-corrected chi connectivity index (χ3v) is 2.93. The van der Waals surface area contributed by atoms with Crippen molar-refractivity contribution >= 4 is 5.70 Å². The Bertz CT molecular complexity index is 325. The highest BCUT2D eigenvalue weighted by Crippen LogP contribution is 2.33. The number of benzene rings is 1. The maximum absolute atomic E-state index is 4.08. The van der Waals surface area contributed by atoms with E-state index in [1.165, 1.54) is 24.8 Å². The fourth-order valence-corrected chi connectivity index (χ4v) is 1.93. The summed E-state index contributed by atoms with van der Waals surface area (Å²) >= 11 is 0. The second-order valence-electron chi connectivity index (χ2n) is 4.57. The van der Waals surface area contributed by atoms with Crippen LogP contribution < -0.4 is 5.32 Å². The van der Waals surface area contributed by atoms with Gasteiger partial charge in [0.05, 0.1) is 0 Å². The van der Waals surface area contributed by atoms with Crippen molar-refractivity contribution in [2.75, 3.05) is 0 Å². The number of hydrogen-bond acceptors (Lipinski definition) is 1. The molecule has 94 valence electrons. The zero-order chi connectivity index (χ0) is 12.7. The molecule has 1 fully saturated rings. The first kappa shape index (κ1) is 13.8. The third kappa shape index (κ3) is 5.08.